The van der Waals surface area contributed by atoms with E-state index in [1.807, 2.05) is 0 Å². The minimum atomic E-state index is 1.50. The van der Waals surface area contributed by atoms with Gasteiger partial charge in [-0.2, -0.15) is 0 Å². The molecule has 0 unspecified atom stereocenters. The van der Waals surface area contributed by atoms with Crippen LogP contribution in [0.1, 0.15) is 19.3 Å². The smallest absolute Gasteiger partial charge is 0.0533 e. The lowest BCUT2D eigenvalue weighted by Crippen LogP contribution is -0.856. The Morgan fingerprint density at radius 3 is 1.00 bits per heavy atom. The second kappa shape index (κ2) is 3.56. The lowest BCUT2D eigenvalue weighted by atomic mass is 11.0. The van der Waals surface area contributed by atoms with Crippen molar-refractivity contribution in [1.82, 2.24) is 0 Å². The second-order valence-electron chi connectivity index (χ2n) is 1.06. The fourth-order valence-corrected chi connectivity index (χ4v) is 0. The summed E-state index contributed by atoms with van der Waals surface area (Å²) >= 11 is 0. The quantitative estimate of drug-likeness (QED) is 0.376. The fraction of sp³-hybridized carbons (Fsp3) is 0.600. The molecule has 0 amide bonds. The molecule has 0 heterocycles. The molecule has 5 heavy (non-hydrogen) atoms. The molecule has 1 saturated carbocycles. The van der Waals surface area contributed by atoms with Gasteiger partial charge >= 0.3 is 0 Å². The molecule has 0 nitrogen and oxygen atoms in total. The van der Waals surface area contributed by atoms with Gasteiger partial charge in [0.25, 0.3) is 0 Å². The first-order valence-electron chi connectivity index (χ1n) is 1.83. The van der Waals surface area contributed by atoms with E-state index in [2.05, 4.69) is 12.8 Å². The molecule has 0 bridgehead atoms. The van der Waals surface area contributed by atoms with Gasteiger partial charge in [-0.15, -0.1) is 12.8 Å². The van der Waals surface area contributed by atoms with E-state index in [1.165, 1.54) is 19.3 Å². The average molecular weight is 68.1 g/mol. The van der Waals surface area contributed by atoms with Gasteiger partial charge in [-0.05, 0) is 0 Å². The van der Waals surface area contributed by atoms with Crippen LogP contribution in [0, 0.1) is 12.8 Å². The molecular weight excluding hydrogens is 60.1 g/mol. The number of terminal acetylenes is 1. The Labute approximate surface area is 33.2 Å². The molecule has 0 radical (unpaired) electrons. The van der Waals surface area contributed by atoms with Crippen molar-refractivity contribution in [3.8, 4) is 12.8 Å². The zero-order chi connectivity index (χ0) is 4.12. The summed E-state index contributed by atoms with van der Waals surface area (Å²) in [5, 5.41) is 0. The van der Waals surface area contributed by atoms with E-state index < -0.39 is 0 Å². The monoisotopic (exact) mass is 68.1 g/mol. The molecule has 0 aromatic rings. The molecule has 0 heteroatoms. The van der Waals surface area contributed by atoms with Gasteiger partial charge in [0.2, 0.25) is 0 Å². The fourth-order valence-electron chi connectivity index (χ4n) is 0. The van der Waals surface area contributed by atoms with Crippen molar-refractivity contribution >= 4 is 0 Å². The molecule has 0 aliphatic heterocycles. The average Bonchev–Trinajstić information content (AvgIpc) is 2.19. The van der Waals surface area contributed by atoms with Crippen molar-refractivity contribution < 1.29 is 0 Å². The highest BCUT2D eigenvalue weighted by Crippen LogP contribution is 2.14. The minimum Gasteiger partial charge on any atom is -0.124 e. The normalized spacial score (nSPS) is 14.8. The van der Waals surface area contributed by atoms with E-state index in [0.29, 0.717) is 0 Å². The first kappa shape index (κ1) is 4.56. The van der Waals surface area contributed by atoms with E-state index in [0.717, 1.165) is 0 Å². The van der Waals surface area contributed by atoms with Crippen molar-refractivity contribution in [1.29, 1.82) is 0 Å². The summed E-state index contributed by atoms with van der Waals surface area (Å²) in [5.74, 6) is 0. The Hall–Kier alpha value is -0.440. The number of hydrogen-bond donors (Lipinski definition) is 0. The van der Waals surface area contributed by atoms with Crippen LogP contribution in [0.4, 0.5) is 0 Å². The summed E-state index contributed by atoms with van der Waals surface area (Å²) in [7, 11) is 0. The Bertz CT molecular complexity index is 21.5. The topological polar surface area (TPSA) is 0 Å². The van der Waals surface area contributed by atoms with Crippen molar-refractivity contribution in [2.24, 2.45) is 0 Å². The molecule has 0 aromatic carbocycles. The molecule has 0 spiro atoms. The summed E-state index contributed by atoms with van der Waals surface area (Å²) in [6.07, 6.45) is 12.5. The molecule has 0 saturated heterocycles. The third-order valence-electron chi connectivity index (χ3n) is 0.354. The van der Waals surface area contributed by atoms with E-state index in [-0.39, 0.29) is 0 Å². The molecular formula is C5H8. The van der Waals surface area contributed by atoms with Crippen molar-refractivity contribution in [2.75, 3.05) is 0 Å². The minimum absolute atomic E-state index is 1.50. The van der Waals surface area contributed by atoms with Crippen LogP contribution in [0.15, 0.2) is 0 Å². The molecule has 0 atom stereocenters. The lowest BCUT2D eigenvalue weighted by Gasteiger charge is -1.05. The number of hydrogen-bond acceptors (Lipinski definition) is 0. The van der Waals surface area contributed by atoms with Crippen molar-refractivity contribution in [3.05, 3.63) is 0 Å². The van der Waals surface area contributed by atoms with Crippen LogP contribution in [0.5, 0.6) is 0 Å². The van der Waals surface area contributed by atoms with Gasteiger partial charge in [0.05, 0.1) is 0 Å². The molecule has 1 aliphatic carbocycles. The second-order valence-corrected chi connectivity index (χ2v) is 1.06. The maximum Gasteiger partial charge on any atom is -0.0533 e. The largest absolute Gasteiger partial charge is 0.124 e. The van der Waals surface area contributed by atoms with Gasteiger partial charge < -0.3 is 0 Å². The summed E-state index contributed by atoms with van der Waals surface area (Å²) in [5.41, 5.74) is 0. The third kappa shape index (κ3) is 27.6. The van der Waals surface area contributed by atoms with Gasteiger partial charge in [-0.3, -0.25) is 0 Å². The maximum atomic E-state index is 4.00. The SMILES string of the molecule is C#C.C1CC1. The van der Waals surface area contributed by atoms with Gasteiger partial charge in [0.15, 0.2) is 0 Å². The molecule has 0 aromatic heterocycles. The van der Waals surface area contributed by atoms with Crippen LogP contribution in [0.25, 0.3) is 0 Å². The van der Waals surface area contributed by atoms with E-state index in [1.54, 1.807) is 0 Å². The molecule has 0 N–H and O–H groups in total. The Morgan fingerprint density at radius 2 is 1.00 bits per heavy atom. The highest BCUT2D eigenvalue weighted by atomic mass is 14.0. The van der Waals surface area contributed by atoms with E-state index >= 15 is 0 Å². The van der Waals surface area contributed by atoms with E-state index in [4.69, 9.17) is 0 Å². The maximum absolute atomic E-state index is 4.00. The van der Waals surface area contributed by atoms with Gasteiger partial charge in [0, 0.05) is 0 Å². The summed E-state index contributed by atoms with van der Waals surface area (Å²) < 4.78 is 0. The third-order valence-corrected chi connectivity index (χ3v) is 0.354. The van der Waals surface area contributed by atoms with Crippen LogP contribution in [-0.2, 0) is 0 Å². The van der Waals surface area contributed by atoms with Crippen LogP contribution in [0.3, 0.4) is 0 Å². The Morgan fingerprint density at radius 1 is 0.800 bits per heavy atom. The Balaban J connectivity index is 0.0000000733. The zero-order valence-corrected chi connectivity index (χ0v) is 3.28. The van der Waals surface area contributed by atoms with Crippen LogP contribution < -0.4 is 0 Å². The van der Waals surface area contributed by atoms with Crippen LogP contribution in [0.2, 0.25) is 0 Å². The van der Waals surface area contributed by atoms with Gasteiger partial charge in [-0.1, -0.05) is 19.3 Å². The van der Waals surface area contributed by atoms with Crippen LogP contribution in [-0.4, -0.2) is 0 Å². The van der Waals surface area contributed by atoms with Crippen molar-refractivity contribution in [2.45, 2.75) is 19.3 Å². The summed E-state index contributed by atoms with van der Waals surface area (Å²) in [4.78, 5) is 0. The molecule has 1 rings (SSSR count). The highest BCUT2D eigenvalue weighted by molar-refractivity contribution is 4.50. The standard InChI is InChI=1S/C3H6.C2H2/c1-2-3-1;1-2/h1-3H2;1-2H. The molecule has 28 valence electrons. The Kier molecular flexibility index (Phi) is 3.25. The first-order chi connectivity index (χ1) is 2.50. The zero-order valence-electron chi connectivity index (χ0n) is 3.28. The summed E-state index contributed by atoms with van der Waals surface area (Å²) in [6, 6.07) is 0. The van der Waals surface area contributed by atoms with Crippen LogP contribution >= 0.6 is 0 Å². The van der Waals surface area contributed by atoms with E-state index in [9.17, 15) is 0 Å². The molecule has 1 fully saturated rings. The predicted octanol–water partition coefficient (Wildman–Crippen LogP) is 1.42. The predicted molar refractivity (Wildman–Crippen MR) is 23.7 cm³/mol. The highest BCUT2D eigenvalue weighted by Gasteiger charge is 1.95. The first-order valence-corrected chi connectivity index (χ1v) is 1.83. The number of rotatable bonds is 0. The summed E-state index contributed by atoms with van der Waals surface area (Å²) in [6.45, 7) is 0. The van der Waals surface area contributed by atoms with Gasteiger partial charge in [0.1, 0.15) is 0 Å². The molecule has 1 aliphatic rings. The van der Waals surface area contributed by atoms with Gasteiger partial charge in [-0.25, -0.2) is 0 Å². The van der Waals surface area contributed by atoms with Crippen molar-refractivity contribution in [3.63, 3.8) is 0 Å². The lowest BCUT2D eigenvalue weighted by molar-refractivity contribution is 1.50.